The Morgan fingerprint density at radius 2 is 0.489 bits per heavy atom. The van der Waals surface area contributed by atoms with E-state index in [4.69, 9.17) is 19.9 Å². The molecule has 0 fully saturated rings. The zero-order chi connectivity index (χ0) is 87.9. The van der Waals surface area contributed by atoms with Crippen LogP contribution in [0.4, 0.5) is 34.1 Å². The lowest BCUT2D eigenvalue weighted by Crippen LogP contribution is -2.16. The van der Waals surface area contributed by atoms with Gasteiger partial charge in [-0.25, -0.2) is 19.9 Å². The number of para-hydroxylation sites is 8. The van der Waals surface area contributed by atoms with Gasteiger partial charge in [0.25, 0.3) is 0 Å². The molecule has 0 unspecified atom stereocenters. The molecule has 10 nitrogen and oxygen atoms in total. The highest BCUT2D eigenvalue weighted by molar-refractivity contribution is 6.24. The van der Waals surface area contributed by atoms with Crippen molar-refractivity contribution in [3.05, 3.63) is 472 Å². The molecule has 0 saturated heterocycles. The highest BCUT2D eigenvalue weighted by atomic mass is 15.2. The van der Waals surface area contributed by atoms with Crippen molar-refractivity contribution < 1.29 is 0 Å². The van der Waals surface area contributed by atoms with Gasteiger partial charge in [-0.2, -0.15) is 0 Å². The summed E-state index contributed by atoms with van der Waals surface area (Å²) in [7, 11) is 0. The molecule has 6 aromatic heterocycles. The van der Waals surface area contributed by atoms with Gasteiger partial charge in [0.1, 0.15) is 11.3 Å². The minimum absolute atomic E-state index is 0.125. The third kappa shape index (κ3) is 12.5. The second kappa shape index (κ2) is 30.8. The Kier molecular flexibility index (Phi) is 17.8. The Hall–Kier alpha value is -17.6. The minimum atomic E-state index is -0.125. The second-order valence-corrected chi connectivity index (χ2v) is 35.2. The molecule has 0 saturated carbocycles. The van der Waals surface area contributed by atoms with Crippen LogP contribution in [0.15, 0.2) is 461 Å². The molecule has 0 spiro atoms. The predicted molar refractivity (Wildman–Crippen MR) is 554 cm³/mol. The van der Waals surface area contributed by atoms with E-state index in [0.717, 1.165) is 145 Å². The van der Waals surface area contributed by atoms with E-state index in [1.54, 1.807) is 0 Å². The van der Waals surface area contributed by atoms with Crippen molar-refractivity contribution in [1.82, 2.24) is 37.9 Å². The van der Waals surface area contributed by atoms with E-state index in [2.05, 4.69) is 503 Å². The fourth-order valence-electron chi connectivity index (χ4n) is 21.1. The lowest BCUT2D eigenvalue weighted by atomic mass is 9.82. The van der Waals surface area contributed by atoms with Gasteiger partial charge in [0, 0.05) is 82.6 Å². The number of hydrogen-bond acceptors (Lipinski definition) is 6. The molecule has 26 aromatic rings. The standard InChI is InChI=1S/C63H43N5.C60H39N5/c1-63(2)54-23-11-8-19-47(54)48-37-36-45(38-55(48)63)66(43-32-28-41(29-33-43)40-16-4-3-5-17-40)44-34-30-42(31-35-44)52-39-53-49-20-10-14-26-58(49)67(60(53)50-21-7-6-18-46(50)52)62-65-56-24-12-9-22-51(56)61-64-57-25-13-15-27-59(57)68(61)62;1-3-15-40(16-4-1)42-27-33-45(34-28-42)63(46-35-29-43(30-36-46)41-17-5-2-6-18-41)47-37-31-44(32-38-47)52-39-53-49-20-10-13-25-56(49)64(58(53)50-21-8-7-19-48(50)52)60-62-54-23-11-9-22-51(54)59-61-55-24-12-14-26-57(55)65(59)60/h3-39H,1-2H3;1-39H. The number of nitrogens with zero attached hydrogens (tertiary/aromatic N) is 10. The SMILES string of the molecule is CC1(C)c2ccccc2-c2ccc(N(c3ccc(-c4ccccc4)cc3)c3ccc(-c4cc5c6ccccc6n(-c6nc7ccccc7c7nc8ccccc8n67)c5c5ccccc45)cc3)cc21.c1ccc(-c2ccc(N(c3ccc(-c4ccccc4)cc3)c3ccc(-c4cc5c6ccccc6n(-c6nc7ccccc7c7nc8ccccc8n67)c5c5ccccc45)cc3)cc2)cc1. The molecule has 6 heterocycles. The number of imidazole rings is 2. The average Bonchev–Trinajstić information content (AvgIpc) is 1.56. The maximum atomic E-state index is 5.47. The van der Waals surface area contributed by atoms with Crippen LogP contribution < -0.4 is 9.80 Å². The topological polar surface area (TPSA) is 76.7 Å². The minimum Gasteiger partial charge on any atom is -0.311 e. The van der Waals surface area contributed by atoms with Crippen LogP contribution in [0.3, 0.4) is 0 Å². The van der Waals surface area contributed by atoms with E-state index >= 15 is 0 Å². The van der Waals surface area contributed by atoms with E-state index in [9.17, 15) is 0 Å². The Labute approximate surface area is 767 Å². The van der Waals surface area contributed by atoms with Crippen molar-refractivity contribution >= 4 is 154 Å². The summed E-state index contributed by atoms with van der Waals surface area (Å²) in [6, 6.07) is 166. The molecular formula is C123H82N10. The molecule has 133 heavy (non-hydrogen) atoms. The molecule has 10 heteroatoms. The normalized spacial score (nSPS) is 12.3. The van der Waals surface area contributed by atoms with E-state index in [1.807, 2.05) is 0 Å². The first-order valence-corrected chi connectivity index (χ1v) is 45.5. The van der Waals surface area contributed by atoms with Crippen LogP contribution in [-0.4, -0.2) is 37.9 Å². The molecule has 0 bridgehead atoms. The lowest BCUT2D eigenvalue weighted by Gasteiger charge is -2.28. The highest BCUT2D eigenvalue weighted by Crippen LogP contribution is 2.53. The van der Waals surface area contributed by atoms with E-state index < -0.39 is 0 Å². The number of fused-ring (bicyclic) bond motifs is 23. The molecule has 27 rings (SSSR count). The first kappa shape index (κ1) is 76.6. The molecule has 0 atom stereocenters. The van der Waals surface area contributed by atoms with E-state index in [0.29, 0.717) is 0 Å². The van der Waals surface area contributed by atoms with Crippen LogP contribution in [0.1, 0.15) is 25.0 Å². The molecule has 0 aliphatic heterocycles. The summed E-state index contributed by atoms with van der Waals surface area (Å²) >= 11 is 0. The summed E-state index contributed by atoms with van der Waals surface area (Å²) in [6.45, 7) is 4.71. The van der Waals surface area contributed by atoms with Gasteiger partial charge in [-0.05, 0) is 234 Å². The Morgan fingerprint density at radius 3 is 0.895 bits per heavy atom. The van der Waals surface area contributed by atoms with Gasteiger partial charge in [0.05, 0.1) is 55.2 Å². The zero-order valence-corrected chi connectivity index (χ0v) is 72.9. The molecular weight excluding hydrogens is 1620 g/mol. The highest BCUT2D eigenvalue weighted by Gasteiger charge is 2.36. The van der Waals surface area contributed by atoms with Crippen molar-refractivity contribution in [2.24, 2.45) is 0 Å². The fraction of sp³-hybridized carbons (Fsp3) is 0.0244. The van der Waals surface area contributed by atoms with Crippen molar-refractivity contribution in [3.63, 3.8) is 0 Å². The van der Waals surface area contributed by atoms with Gasteiger partial charge in [0.2, 0.25) is 11.9 Å². The van der Waals surface area contributed by atoms with Gasteiger partial charge in [-0.15, -0.1) is 0 Å². The lowest BCUT2D eigenvalue weighted by molar-refractivity contribution is 0.660. The van der Waals surface area contributed by atoms with Crippen molar-refractivity contribution in [1.29, 1.82) is 0 Å². The van der Waals surface area contributed by atoms with Crippen molar-refractivity contribution in [2.45, 2.75) is 19.3 Å². The quantitative estimate of drug-likeness (QED) is 0.114. The van der Waals surface area contributed by atoms with Crippen LogP contribution in [0.2, 0.25) is 0 Å². The molecule has 0 radical (unpaired) electrons. The summed E-state index contributed by atoms with van der Waals surface area (Å²) < 4.78 is 9.20. The van der Waals surface area contributed by atoms with Gasteiger partial charge in [0.15, 0.2) is 0 Å². The Morgan fingerprint density at radius 1 is 0.195 bits per heavy atom. The monoisotopic (exact) mass is 1700 g/mol. The van der Waals surface area contributed by atoms with Crippen LogP contribution in [0.25, 0.3) is 199 Å². The van der Waals surface area contributed by atoms with Crippen molar-refractivity contribution in [3.8, 4) is 78.7 Å². The summed E-state index contributed by atoms with van der Waals surface area (Å²) in [4.78, 5) is 26.1. The Balaban J connectivity index is 0.000000139. The molecule has 20 aromatic carbocycles. The summed E-state index contributed by atoms with van der Waals surface area (Å²) in [5.74, 6) is 1.63. The number of aromatic nitrogens is 8. The van der Waals surface area contributed by atoms with Gasteiger partial charge >= 0.3 is 0 Å². The number of benzene rings is 20. The molecule has 1 aliphatic rings. The predicted octanol–water partition coefficient (Wildman–Crippen LogP) is 32.2. The van der Waals surface area contributed by atoms with E-state index in [1.165, 1.54) is 99.1 Å². The molecule has 1 aliphatic carbocycles. The number of hydrogen-bond donors (Lipinski definition) is 0. The molecule has 0 N–H and O–H groups in total. The summed E-state index contributed by atoms with van der Waals surface area (Å²) in [6.07, 6.45) is 0. The average molecular weight is 1700 g/mol. The maximum absolute atomic E-state index is 5.47. The Bertz CT molecular complexity index is 9050. The smallest absolute Gasteiger partial charge is 0.221 e. The van der Waals surface area contributed by atoms with Crippen molar-refractivity contribution in [2.75, 3.05) is 9.80 Å². The van der Waals surface area contributed by atoms with E-state index in [-0.39, 0.29) is 5.41 Å². The van der Waals surface area contributed by atoms with Gasteiger partial charge in [-0.3, -0.25) is 17.9 Å². The third-order valence-electron chi connectivity index (χ3n) is 27.4. The molecule has 624 valence electrons. The first-order valence-electron chi connectivity index (χ1n) is 45.5. The summed E-state index contributed by atoms with van der Waals surface area (Å²) in [5, 5.41) is 11.4. The van der Waals surface area contributed by atoms with Gasteiger partial charge < -0.3 is 9.80 Å². The maximum Gasteiger partial charge on any atom is 0.221 e. The zero-order valence-electron chi connectivity index (χ0n) is 72.9. The first-order chi connectivity index (χ1) is 65.7. The van der Waals surface area contributed by atoms with Crippen LogP contribution in [0, 0.1) is 0 Å². The second-order valence-electron chi connectivity index (χ2n) is 35.2. The van der Waals surface area contributed by atoms with Crippen LogP contribution >= 0.6 is 0 Å². The number of rotatable bonds is 13. The summed E-state index contributed by atoms with van der Waals surface area (Å²) in [5.41, 5.74) is 35.6. The molecule has 0 amide bonds. The largest absolute Gasteiger partial charge is 0.311 e. The number of anilines is 6. The van der Waals surface area contributed by atoms with Crippen LogP contribution in [-0.2, 0) is 5.41 Å². The van der Waals surface area contributed by atoms with Crippen LogP contribution in [0.5, 0.6) is 0 Å². The fourth-order valence-corrected chi connectivity index (χ4v) is 21.1. The third-order valence-corrected chi connectivity index (χ3v) is 27.4. The van der Waals surface area contributed by atoms with Gasteiger partial charge in [-0.1, -0.05) is 329 Å².